The normalized spacial score (nSPS) is 25.8. The molecule has 2 fully saturated rings. The molecular formula is C26H25NO4. The summed E-state index contributed by atoms with van der Waals surface area (Å²) < 4.78 is 7.76. The molecule has 3 aliphatic rings. The Hall–Kier alpha value is -3.21. The molecule has 0 saturated heterocycles. The molecule has 2 bridgehead atoms. The summed E-state index contributed by atoms with van der Waals surface area (Å²) in [6.07, 6.45) is 4.34. The summed E-state index contributed by atoms with van der Waals surface area (Å²) in [7, 11) is 0. The lowest BCUT2D eigenvalue weighted by molar-refractivity contribution is 0.101. The maximum absolute atomic E-state index is 11.9. The molecule has 5 nitrogen and oxygen atoms in total. The molecule has 3 aliphatic carbocycles. The highest BCUT2D eigenvalue weighted by Crippen LogP contribution is 2.69. The zero-order valence-electron chi connectivity index (χ0n) is 17.7. The highest BCUT2D eigenvalue weighted by molar-refractivity contribution is 5.95. The van der Waals surface area contributed by atoms with Gasteiger partial charge in [0.05, 0.1) is 16.7 Å². The molecule has 0 amide bonds. The predicted octanol–water partition coefficient (Wildman–Crippen LogP) is 5.47. The van der Waals surface area contributed by atoms with Crippen LogP contribution in [-0.2, 0) is 5.41 Å². The molecule has 1 spiro atoms. The fourth-order valence-corrected chi connectivity index (χ4v) is 6.74. The number of aryl methyl sites for hydroxylation is 1. The van der Waals surface area contributed by atoms with E-state index < -0.39 is 5.41 Å². The minimum atomic E-state index is -0.439. The monoisotopic (exact) mass is 415 g/mol. The Morgan fingerprint density at radius 3 is 2.45 bits per heavy atom. The first-order chi connectivity index (χ1) is 14.9. The quantitative estimate of drug-likeness (QED) is 0.544. The van der Waals surface area contributed by atoms with Gasteiger partial charge in [0.1, 0.15) is 11.5 Å². The summed E-state index contributed by atoms with van der Waals surface area (Å²) in [5.41, 5.74) is 3.61. The first-order valence-electron chi connectivity index (χ1n) is 10.9. The Labute approximate surface area is 180 Å². The molecule has 0 unspecified atom stereocenters. The van der Waals surface area contributed by atoms with Crippen molar-refractivity contribution < 1.29 is 19.4 Å². The number of nitrogens with zero attached hydrogens (tertiary/aromatic N) is 1. The fraction of sp³-hybridized carbons (Fsp3) is 0.346. The summed E-state index contributed by atoms with van der Waals surface area (Å²) >= 11 is 0. The van der Waals surface area contributed by atoms with E-state index in [1.54, 1.807) is 24.3 Å². The van der Waals surface area contributed by atoms with Crippen molar-refractivity contribution in [2.75, 3.05) is 0 Å². The number of rotatable bonds is 2. The highest BCUT2D eigenvalue weighted by Gasteiger charge is 2.63. The Morgan fingerprint density at radius 2 is 1.81 bits per heavy atom. The topological polar surface area (TPSA) is 75.6 Å². The largest absolute Gasteiger partial charge is 0.494 e. The van der Waals surface area contributed by atoms with Crippen LogP contribution in [0.4, 0.5) is 0 Å². The number of aromatic hydroxyl groups is 2. The van der Waals surface area contributed by atoms with E-state index in [1.165, 1.54) is 11.5 Å². The summed E-state index contributed by atoms with van der Waals surface area (Å²) in [6, 6.07) is 9.00. The van der Waals surface area contributed by atoms with E-state index in [0.29, 0.717) is 34.2 Å². The lowest BCUT2D eigenvalue weighted by Gasteiger charge is -2.37. The van der Waals surface area contributed by atoms with Crippen LogP contribution in [0.15, 0.2) is 41.3 Å². The number of aromatic nitrogens is 1. The van der Waals surface area contributed by atoms with Gasteiger partial charge in [-0.1, -0.05) is 18.7 Å². The number of furan rings is 1. The van der Waals surface area contributed by atoms with Gasteiger partial charge in [0.2, 0.25) is 11.8 Å². The lowest BCUT2D eigenvalue weighted by Crippen LogP contribution is -2.36. The third kappa shape index (κ3) is 2.09. The second-order valence-corrected chi connectivity index (χ2v) is 9.34. The number of fused-ring (bicyclic) bond motifs is 2. The molecule has 0 atom stereocenters. The van der Waals surface area contributed by atoms with Crippen LogP contribution < -0.4 is 0 Å². The average Bonchev–Trinajstić information content (AvgIpc) is 3.47. The van der Waals surface area contributed by atoms with Gasteiger partial charge in [0.15, 0.2) is 5.78 Å². The number of ketones is 1. The minimum absolute atomic E-state index is 0.0212. The molecule has 2 heterocycles. The molecular weight excluding hydrogens is 390 g/mol. The number of hydrogen-bond acceptors (Lipinski definition) is 4. The maximum atomic E-state index is 11.9. The van der Waals surface area contributed by atoms with E-state index in [-0.39, 0.29) is 17.5 Å². The summed E-state index contributed by atoms with van der Waals surface area (Å²) in [4.78, 5) is 11.9. The van der Waals surface area contributed by atoms with E-state index in [2.05, 4.69) is 6.58 Å². The zero-order chi connectivity index (χ0) is 21.7. The standard InChI is InChI=1S/C26H25NO4/c1-13-11-20-14(2)21-22(26(23(20)31-13)17-7-8-18(26)10-9-17)25(30)27(24(21)29)19-6-4-5-16(12-19)15(3)28/h4-6,11-12,17-18,29-30H,2,7-10H2,1,3H3. The third-order valence-electron chi connectivity index (χ3n) is 7.92. The smallest absolute Gasteiger partial charge is 0.207 e. The number of carbonyl (C=O) groups is 1. The molecule has 2 aromatic heterocycles. The van der Waals surface area contributed by atoms with Gasteiger partial charge in [-0.25, -0.2) is 0 Å². The van der Waals surface area contributed by atoms with Crippen molar-refractivity contribution in [1.82, 2.24) is 4.57 Å². The van der Waals surface area contributed by atoms with Crippen LogP contribution in [0.1, 0.15) is 71.2 Å². The van der Waals surface area contributed by atoms with Gasteiger partial charge in [-0.2, -0.15) is 0 Å². The van der Waals surface area contributed by atoms with Crippen LogP contribution in [0.25, 0.3) is 11.3 Å². The molecule has 0 radical (unpaired) electrons. The van der Waals surface area contributed by atoms with Crippen molar-refractivity contribution in [3.63, 3.8) is 0 Å². The van der Waals surface area contributed by atoms with Crippen molar-refractivity contribution in [2.45, 2.75) is 44.9 Å². The molecule has 5 heteroatoms. The number of hydrogen-bond donors (Lipinski definition) is 2. The number of carbonyl (C=O) groups excluding carboxylic acids is 1. The summed E-state index contributed by atoms with van der Waals surface area (Å²) in [5.74, 6) is 2.36. The number of Topliss-reactive ketones (excluding diaryl/α,β-unsaturated/α-hetero) is 1. The van der Waals surface area contributed by atoms with Crippen molar-refractivity contribution in [2.24, 2.45) is 11.8 Å². The molecule has 1 aromatic carbocycles. The Bertz CT molecular complexity index is 1270. The van der Waals surface area contributed by atoms with Gasteiger partial charge in [0, 0.05) is 16.7 Å². The first-order valence-corrected chi connectivity index (χ1v) is 10.9. The number of benzene rings is 1. The third-order valence-corrected chi connectivity index (χ3v) is 7.92. The Morgan fingerprint density at radius 1 is 1.13 bits per heavy atom. The van der Waals surface area contributed by atoms with Gasteiger partial charge < -0.3 is 14.6 Å². The molecule has 2 saturated carbocycles. The van der Waals surface area contributed by atoms with Crippen molar-refractivity contribution in [3.05, 3.63) is 70.7 Å². The lowest BCUT2D eigenvalue weighted by atomic mass is 9.64. The van der Waals surface area contributed by atoms with Crippen molar-refractivity contribution in [1.29, 1.82) is 0 Å². The van der Waals surface area contributed by atoms with E-state index in [0.717, 1.165) is 48.3 Å². The van der Waals surface area contributed by atoms with Crippen molar-refractivity contribution in [3.8, 4) is 17.4 Å². The van der Waals surface area contributed by atoms with E-state index >= 15 is 0 Å². The van der Waals surface area contributed by atoms with Crippen LogP contribution in [0.5, 0.6) is 11.8 Å². The van der Waals surface area contributed by atoms with Crippen LogP contribution in [-0.4, -0.2) is 20.6 Å². The molecule has 31 heavy (non-hydrogen) atoms. The predicted molar refractivity (Wildman–Crippen MR) is 117 cm³/mol. The van der Waals surface area contributed by atoms with E-state index in [9.17, 15) is 15.0 Å². The van der Waals surface area contributed by atoms with Crippen LogP contribution in [0, 0.1) is 18.8 Å². The minimum Gasteiger partial charge on any atom is -0.494 e. The van der Waals surface area contributed by atoms with Gasteiger partial charge in [0.25, 0.3) is 0 Å². The van der Waals surface area contributed by atoms with Crippen LogP contribution >= 0.6 is 0 Å². The second kappa shape index (κ2) is 5.94. The molecule has 2 N–H and O–H groups in total. The second-order valence-electron chi connectivity index (χ2n) is 9.34. The first kappa shape index (κ1) is 18.6. The molecule has 0 aliphatic heterocycles. The fourth-order valence-electron chi connectivity index (χ4n) is 6.74. The molecule has 3 aromatic rings. The Balaban J connectivity index is 1.69. The van der Waals surface area contributed by atoms with Crippen LogP contribution in [0.3, 0.4) is 0 Å². The van der Waals surface area contributed by atoms with Gasteiger partial charge in [-0.05, 0) is 75.1 Å². The Kier molecular flexibility index (Phi) is 3.55. The van der Waals surface area contributed by atoms with E-state index in [4.69, 9.17) is 4.42 Å². The van der Waals surface area contributed by atoms with Crippen molar-refractivity contribution >= 4 is 11.4 Å². The van der Waals surface area contributed by atoms with E-state index in [1.807, 2.05) is 13.0 Å². The molecule has 158 valence electrons. The zero-order valence-corrected chi connectivity index (χ0v) is 17.7. The molecule has 6 rings (SSSR count). The van der Waals surface area contributed by atoms with Gasteiger partial charge >= 0.3 is 0 Å². The van der Waals surface area contributed by atoms with Gasteiger partial charge in [-0.3, -0.25) is 9.36 Å². The summed E-state index contributed by atoms with van der Waals surface area (Å²) in [6.45, 7) is 7.74. The highest BCUT2D eigenvalue weighted by atomic mass is 16.3. The summed E-state index contributed by atoms with van der Waals surface area (Å²) in [5, 5.41) is 23.0. The maximum Gasteiger partial charge on any atom is 0.207 e. The van der Waals surface area contributed by atoms with Crippen LogP contribution in [0.2, 0.25) is 0 Å². The average molecular weight is 415 g/mol. The SMILES string of the molecule is C=C1c2cc(C)oc2C2(c3c1c(O)n(-c1cccc(C(C)=O)c1)c3O)C1CCC2CC1. The van der Waals surface area contributed by atoms with Gasteiger partial charge in [-0.15, -0.1) is 0 Å².